The topological polar surface area (TPSA) is 31.4 Å². The SMILES string of the molecule is COc1nsc(OC)c1[B-](F)(F)F.[K+]. The number of methoxy groups -OCH3 is 2. The summed E-state index contributed by atoms with van der Waals surface area (Å²) >= 11 is 0.626. The van der Waals surface area contributed by atoms with Gasteiger partial charge in [-0.3, -0.25) is 0 Å². The fourth-order valence-corrected chi connectivity index (χ4v) is 1.57. The molecule has 0 aliphatic heterocycles. The van der Waals surface area contributed by atoms with E-state index in [4.69, 9.17) is 0 Å². The monoisotopic (exact) mass is 251 g/mol. The third-order valence-corrected chi connectivity index (χ3v) is 2.18. The molecule has 0 aliphatic carbocycles. The quantitative estimate of drug-likeness (QED) is 0.595. The molecule has 9 heteroatoms. The van der Waals surface area contributed by atoms with E-state index in [2.05, 4.69) is 13.8 Å². The maximum atomic E-state index is 12.4. The summed E-state index contributed by atoms with van der Waals surface area (Å²) < 4.78 is 49.6. The minimum Gasteiger partial charge on any atom is -0.489 e. The van der Waals surface area contributed by atoms with Crippen LogP contribution in [0.3, 0.4) is 0 Å². The first-order chi connectivity index (χ1) is 6.00. The van der Waals surface area contributed by atoms with Crippen LogP contribution in [0.1, 0.15) is 0 Å². The molecule has 0 aliphatic rings. The molecule has 1 aromatic heterocycles. The predicted molar refractivity (Wildman–Crippen MR) is 43.9 cm³/mol. The van der Waals surface area contributed by atoms with Gasteiger partial charge in [0.05, 0.1) is 14.2 Å². The summed E-state index contributed by atoms with van der Waals surface area (Å²) in [5.74, 6) is -0.422. The Morgan fingerprint density at radius 3 is 2.14 bits per heavy atom. The van der Waals surface area contributed by atoms with E-state index in [1.165, 1.54) is 0 Å². The number of halogens is 3. The van der Waals surface area contributed by atoms with Crippen molar-refractivity contribution in [1.29, 1.82) is 0 Å². The normalized spacial score (nSPS) is 10.6. The molecule has 0 atom stereocenters. The van der Waals surface area contributed by atoms with Crippen LogP contribution in [0.4, 0.5) is 12.9 Å². The molecule has 74 valence electrons. The first-order valence-electron chi connectivity index (χ1n) is 3.28. The van der Waals surface area contributed by atoms with Crippen LogP contribution >= 0.6 is 11.5 Å². The van der Waals surface area contributed by atoms with Crippen LogP contribution < -0.4 is 66.3 Å². The Labute approximate surface area is 126 Å². The predicted octanol–water partition coefficient (Wildman–Crippen LogP) is -1.78. The number of nitrogens with zero attached hydrogens (tertiary/aromatic N) is 1. The maximum Gasteiger partial charge on any atom is 1.00 e. The van der Waals surface area contributed by atoms with Crippen molar-refractivity contribution < 1.29 is 73.8 Å². The summed E-state index contributed by atoms with van der Waals surface area (Å²) in [6.45, 7) is -5.13. The molecule has 3 nitrogen and oxygen atoms in total. The molecule has 0 spiro atoms. The molecule has 1 heterocycles. The molecule has 0 N–H and O–H groups in total. The van der Waals surface area contributed by atoms with Gasteiger partial charge >= 0.3 is 58.4 Å². The minimum atomic E-state index is -5.13. The third-order valence-electron chi connectivity index (χ3n) is 1.37. The summed E-state index contributed by atoms with van der Waals surface area (Å²) in [5.41, 5.74) is -0.894. The molecule has 0 amide bonds. The van der Waals surface area contributed by atoms with Crippen molar-refractivity contribution in [2.24, 2.45) is 0 Å². The second-order valence-electron chi connectivity index (χ2n) is 2.17. The van der Waals surface area contributed by atoms with Crippen LogP contribution in [0.5, 0.6) is 10.9 Å². The average molecular weight is 251 g/mol. The van der Waals surface area contributed by atoms with Crippen LogP contribution in [0.25, 0.3) is 0 Å². The summed E-state index contributed by atoms with van der Waals surface area (Å²) in [6.07, 6.45) is 0. The van der Waals surface area contributed by atoms with Gasteiger partial charge in [-0.15, -0.1) is 0 Å². The van der Waals surface area contributed by atoms with Crippen molar-refractivity contribution >= 4 is 24.0 Å². The van der Waals surface area contributed by atoms with Crippen molar-refractivity contribution in [2.45, 2.75) is 0 Å². The van der Waals surface area contributed by atoms with Gasteiger partial charge in [0.1, 0.15) is 0 Å². The molecule has 0 radical (unpaired) electrons. The fraction of sp³-hybridized carbons (Fsp3) is 0.400. The van der Waals surface area contributed by atoms with E-state index in [0.29, 0.717) is 11.5 Å². The first kappa shape index (κ1) is 14.7. The second-order valence-corrected chi connectivity index (χ2v) is 2.91. The molecule has 0 bridgehead atoms. The Morgan fingerprint density at radius 1 is 1.21 bits per heavy atom. The van der Waals surface area contributed by atoms with Crippen molar-refractivity contribution in [3.05, 3.63) is 0 Å². The van der Waals surface area contributed by atoms with Crippen molar-refractivity contribution in [1.82, 2.24) is 4.37 Å². The van der Waals surface area contributed by atoms with Gasteiger partial charge in [-0.1, -0.05) is 0 Å². The van der Waals surface area contributed by atoms with Crippen LogP contribution in [0, 0.1) is 0 Å². The zero-order valence-electron chi connectivity index (χ0n) is 7.88. The molecule has 1 aromatic rings. The number of hydrogen-bond acceptors (Lipinski definition) is 4. The number of hydrogen-bond donors (Lipinski definition) is 0. The molecule has 14 heavy (non-hydrogen) atoms. The van der Waals surface area contributed by atoms with E-state index < -0.39 is 18.3 Å². The van der Waals surface area contributed by atoms with E-state index in [-0.39, 0.29) is 56.4 Å². The summed E-state index contributed by atoms with van der Waals surface area (Å²) in [4.78, 5) is 0. The molecule has 0 aromatic carbocycles. The summed E-state index contributed by atoms with van der Waals surface area (Å²) in [6, 6.07) is 0. The molecule has 1 rings (SSSR count). The molecular formula is C5H6BF3KNO2S. The van der Waals surface area contributed by atoms with Gasteiger partial charge in [-0.2, -0.15) is 4.37 Å². The molecule has 0 saturated carbocycles. The standard InChI is InChI=1S/C5H6BF3NO2S.K/c1-11-4-3(6(7,8)9)5(12-2)13-10-4;/h1-2H3;/q-1;+1. The van der Waals surface area contributed by atoms with Gasteiger partial charge in [0.25, 0.3) is 0 Å². The van der Waals surface area contributed by atoms with Crippen LogP contribution in [0.2, 0.25) is 0 Å². The minimum absolute atomic E-state index is 0. The Bertz CT molecular complexity index is 284. The molecule has 0 unspecified atom stereocenters. The zero-order chi connectivity index (χ0) is 10.1. The van der Waals surface area contributed by atoms with Crippen LogP contribution in [0.15, 0.2) is 0 Å². The van der Waals surface area contributed by atoms with Crippen molar-refractivity contribution in [2.75, 3.05) is 14.2 Å². The first-order valence-corrected chi connectivity index (χ1v) is 4.05. The second kappa shape index (κ2) is 5.71. The number of rotatable bonds is 3. The van der Waals surface area contributed by atoms with Gasteiger partial charge in [-0.25, -0.2) is 0 Å². The summed E-state index contributed by atoms with van der Waals surface area (Å²) in [5, 5.41) is -0.260. The molecule has 0 fully saturated rings. The smallest absolute Gasteiger partial charge is 0.489 e. The summed E-state index contributed by atoms with van der Waals surface area (Å²) in [7, 11) is 2.30. The van der Waals surface area contributed by atoms with Gasteiger partial charge in [0.15, 0.2) is 5.06 Å². The van der Waals surface area contributed by atoms with Gasteiger partial charge in [0.2, 0.25) is 5.88 Å². The Balaban J connectivity index is 0.00000169. The third kappa shape index (κ3) is 3.11. The average Bonchev–Trinajstić information content (AvgIpc) is 2.45. The van der Waals surface area contributed by atoms with E-state index in [0.717, 1.165) is 14.2 Å². The van der Waals surface area contributed by atoms with Crippen LogP contribution in [-0.2, 0) is 0 Å². The van der Waals surface area contributed by atoms with Gasteiger partial charge in [0, 0.05) is 17.0 Å². The van der Waals surface area contributed by atoms with Crippen LogP contribution in [-0.4, -0.2) is 25.6 Å². The fourth-order valence-electron chi connectivity index (χ4n) is 0.837. The zero-order valence-corrected chi connectivity index (χ0v) is 11.8. The maximum absolute atomic E-state index is 12.4. The van der Waals surface area contributed by atoms with Gasteiger partial charge in [-0.05, 0) is 0 Å². The molecule has 0 saturated heterocycles. The van der Waals surface area contributed by atoms with E-state index in [1.807, 2.05) is 0 Å². The van der Waals surface area contributed by atoms with Crippen molar-refractivity contribution in [3.63, 3.8) is 0 Å². The van der Waals surface area contributed by atoms with Crippen molar-refractivity contribution in [3.8, 4) is 10.9 Å². The van der Waals surface area contributed by atoms with Gasteiger partial charge < -0.3 is 22.4 Å². The Kier molecular flexibility index (Phi) is 6.00. The van der Waals surface area contributed by atoms with E-state index >= 15 is 0 Å². The largest absolute Gasteiger partial charge is 1.00 e. The van der Waals surface area contributed by atoms with E-state index in [1.54, 1.807) is 0 Å². The Morgan fingerprint density at radius 2 is 1.79 bits per heavy atom. The molecular weight excluding hydrogens is 245 g/mol. The number of aromatic nitrogens is 1. The number of ether oxygens (including phenoxy) is 2. The Hall–Kier alpha value is 0.721. The van der Waals surface area contributed by atoms with E-state index in [9.17, 15) is 12.9 Å².